The van der Waals surface area contributed by atoms with Gasteiger partial charge in [-0.05, 0) is 30.4 Å². The maximum Gasteiger partial charge on any atom is 0.242 e. The van der Waals surface area contributed by atoms with E-state index in [9.17, 15) is 13.2 Å². The van der Waals surface area contributed by atoms with Gasteiger partial charge in [-0.25, -0.2) is 8.42 Å². The molecule has 1 aromatic heterocycles. The summed E-state index contributed by atoms with van der Waals surface area (Å²) in [6.45, 7) is 7.04. The summed E-state index contributed by atoms with van der Waals surface area (Å²) in [6, 6.07) is 11.0. The summed E-state index contributed by atoms with van der Waals surface area (Å²) in [5.74, 6) is 1.90. The lowest BCUT2D eigenvalue weighted by molar-refractivity contribution is -0.127. The summed E-state index contributed by atoms with van der Waals surface area (Å²) in [5, 5.41) is 3.27. The van der Waals surface area contributed by atoms with Gasteiger partial charge in [0.1, 0.15) is 17.6 Å². The molecule has 1 fully saturated rings. The van der Waals surface area contributed by atoms with Gasteiger partial charge >= 0.3 is 0 Å². The maximum atomic E-state index is 13.6. The Balaban J connectivity index is 1.61. The van der Waals surface area contributed by atoms with Crippen molar-refractivity contribution in [3.63, 3.8) is 0 Å². The molecule has 7 heteroatoms. The summed E-state index contributed by atoms with van der Waals surface area (Å²) in [5.41, 5.74) is 1.97. The number of hydrogen-bond acceptors (Lipinski definition) is 5. The first-order valence-electron chi connectivity index (χ1n) is 10.5. The van der Waals surface area contributed by atoms with Crippen LogP contribution < -0.4 is 5.32 Å². The molecule has 1 aliphatic carbocycles. The molecule has 1 amide bonds. The van der Waals surface area contributed by atoms with Gasteiger partial charge in [-0.15, -0.1) is 0 Å². The summed E-state index contributed by atoms with van der Waals surface area (Å²) in [6.07, 6.45) is 1.69. The lowest BCUT2D eigenvalue weighted by Gasteiger charge is -2.38. The van der Waals surface area contributed by atoms with Crippen molar-refractivity contribution in [2.45, 2.75) is 45.7 Å². The van der Waals surface area contributed by atoms with E-state index in [-0.39, 0.29) is 28.9 Å². The molecule has 162 valence electrons. The monoisotopic (exact) mass is 430 g/mol. The summed E-state index contributed by atoms with van der Waals surface area (Å²) >= 11 is 0. The van der Waals surface area contributed by atoms with Gasteiger partial charge in [0.05, 0.1) is 17.5 Å². The first-order chi connectivity index (χ1) is 14.1. The molecule has 0 saturated carbocycles. The molecule has 4 rings (SSSR count). The Morgan fingerprint density at radius 2 is 1.87 bits per heavy atom. The van der Waals surface area contributed by atoms with Crippen molar-refractivity contribution in [2.75, 3.05) is 24.6 Å². The molecule has 1 N–H and O–H groups in total. The van der Waals surface area contributed by atoms with Gasteiger partial charge < -0.3 is 9.73 Å². The second kappa shape index (κ2) is 7.85. The van der Waals surface area contributed by atoms with E-state index in [1.165, 1.54) is 0 Å². The molecule has 0 radical (unpaired) electrons. The molecule has 2 heterocycles. The maximum absolute atomic E-state index is 13.6. The normalized spacial score (nSPS) is 24.0. The topological polar surface area (TPSA) is 79.6 Å². The predicted octanol–water partition coefficient (Wildman–Crippen LogP) is 3.19. The van der Waals surface area contributed by atoms with Crippen LogP contribution in [0.2, 0.25) is 0 Å². The number of carbonyl (C=O) groups excluding carboxylic acids is 1. The van der Waals surface area contributed by atoms with Crippen LogP contribution in [0, 0.1) is 12.3 Å². The third kappa shape index (κ3) is 4.47. The smallest absolute Gasteiger partial charge is 0.242 e. The van der Waals surface area contributed by atoms with E-state index in [2.05, 4.69) is 19.2 Å². The molecule has 2 unspecified atom stereocenters. The molecule has 1 saturated heterocycles. The van der Waals surface area contributed by atoms with Crippen LogP contribution in [-0.2, 0) is 21.1 Å². The fourth-order valence-electron chi connectivity index (χ4n) is 4.71. The van der Waals surface area contributed by atoms with E-state index >= 15 is 0 Å². The van der Waals surface area contributed by atoms with Crippen LogP contribution in [-0.4, -0.2) is 43.8 Å². The van der Waals surface area contributed by atoms with Crippen LogP contribution in [0.4, 0.5) is 0 Å². The van der Waals surface area contributed by atoms with E-state index < -0.39 is 15.9 Å². The largest absolute Gasteiger partial charge is 0.466 e. The first kappa shape index (κ1) is 21.1. The number of carbonyl (C=O) groups is 1. The lowest BCUT2D eigenvalue weighted by Crippen LogP contribution is -2.48. The summed E-state index contributed by atoms with van der Waals surface area (Å²) in [4.78, 5) is 15.6. The van der Waals surface area contributed by atoms with Crippen LogP contribution in [0.3, 0.4) is 0 Å². The average Bonchev–Trinajstić information content (AvgIpc) is 3.03. The highest BCUT2D eigenvalue weighted by Crippen LogP contribution is 2.42. The van der Waals surface area contributed by atoms with Gasteiger partial charge in [0, 0.05) is 25.1 Å². The van der Waals surface area contributed by atoms with Gasteiger partial charge in [0.15, 0.2) is 9.84 Å². The quantitative estimate of drug-likeness (QED) is 0.806. The number of fused-ring (bicyclic) bond motifs is 1. The molecule has 2 aromatic rings. The molecule has 0 bridgehead atoms. The van der Waals surface area contributed by atoms with Crippen molar-refractivity contribution in [2.24, 2.45) is 5.41 Å². The second-order valence-electron chi connectivity index (χ2n) is 9.34. The summed E-state index contributed by atoms with van der Waals surface area (Å²) in [7, 11) is -3.02. The van der Waals surface area contributed by atoms with Crippen molar-refractivity contribution in [1.29, 1.82) is 0 Å². The molecule has 2 atom stereocenters. The van der Waals surface area contributed by atoms with Crippen molar-refractivity contribution in [3.8, 4) is 0 Å². The average molecular weight is 431 g/mol. The number of hydrogen-bond donors (Lipinski definition) is 1. The van der Waals surface area contributed by atoms with Crippen molar-refractivity contribution in [3.05, 3.63) is 59.0 Å². The zero-order valence-electron chi connectivity index (χ0n) is 17.8. The second-order valence-corrected chi connectivity index (χ2v) is 11.6. The van der Waals surface area contributed by atoms with Gasteiger partial charge in [0.2, 0.25) is 5.91 Å². The SMILES string of the molecule is Cc1cc2c(o1)CC(C)(C)CC2NC(=O)C(c1ccccc1)N1CCS(=O)(=O)CC1. The standard InChI is InChI=1S/C23H30N2O4S/c1-16-13-18-19(14-23(2,3)15-20(18)29-16)24-22(26)21(17-7-5-4-6-8-17)25-9-11-30(27,28)12-10-25/h4-8,13,19,21H,9-12,14-15H2,1-3H3,(H,24,26). The van der Waals surface area contributed by atoms with Crippen LogP contribution in [0.15, 0.2) is 40.8 Å². The third-order valence-electron chi connectivity index (χ3n) is 6.16. The molecule has 0 spiro atoms. The number of amides is 1. The van der Waals surface area contributed by atoms with Gasteiger partial charge in [-0.2, -0.15) is 0 Å². The molecule has 1 aliphatic heterocycles. The van der Waals surface area contributed by atoms with E-state index in [0.717, 1.165) is 35.5 Å². The number of nitrogens with one attached hydrogen (secondary N) is 1. The number of aryl methyl sites for hydroxylation is 1. The van der Waals surface area contributed by atoms with Crippen LogP contribution in [0.25, 0.3) is 0 Å². The Labute approximate surface area is 178 Å². The van der Waals surface area contributed by atoms with E-state index in [0.29, 0.717) is 13.1 Å². The Bertz CT molecular complexity index is 1010. The number of rotatable bonds is 4. The number of furan rings is 1. The fourth-order valence-corrected chi connectivity index (χ4v) is 5.94. The predicted molar refractivity (Wildman–Crippen MR) is 116 cm³/mol. The molecule has 30 heavy (non-hydrogen) atoms. The van der Waals surface area contributed by atoms with Crippen molar-refractivity contribution in [1.82, 2.24) is 10.2 Å². The molecule has 1 aromatic carbocycles. The van der Waals surface area contributed by atoms with Crippen LogP contribution >= 0.6 is 0 Å². The Hall–Kier alpha value is -2.12. The first-order valence-corrected chi connectivity index (χ1v) is 12.3. The minimum absolute atomic E-state index is 0.0245. The fraction of sp³-hybridized carbons (Fsp3) is 0.522. The minimum Gasteiger partial charge on any atom is -0.466 e. The highest BCUT2D eigenvalue weighted by Gasteiger charge is 2.38. The van der Waals surface area contributed by atoms with E-state index in [1.807, 2.05) is 48.2 Å². The highest BCUT2D eigenvalue weighted by atomic mass is 32.2. The zero-order valence-corrected chi connectivity index (χ0v) is 18.7. The Morgan fingerprint density at radius 1 is 1.20 bits per heavy atom. The Morgan fingerprint density at radius 3 is 2.53 bits per heavy atom. The van der Waals surface area contributed by atoms with Gasteiger partial charge in [0.25, 0.3) is 0 Å². The van der Waals surface area contributed by atoms with E-state index in [4.69, 9.17) is 4.42 Å². The zero-order chi connectivity index (χ0) is 21.5. The highest BCUT2D eigenvalue weighted by molar-refractivity contribution is 7.91. The Kier molecular flexibility index (Phi) is 5.53. The third-order valence-corrected chi connectivity index (χ3v) is 7.77. The molecule has 2 aliphatic rings. The van der Waals surface area contributed by atoms with E-state index in [1.54, 1.807) is 0 Å². The van der Waals surface area contributed by atoms with Crippen LogP contribution in [0.1, 0.15) is 55.0 Å². The summed E-state index contributed by atoms with van der Waals surface area (Å²) < 4.78 is 29.7. The minimum atomic E-state index is -3.02. The molecular weight excluding hydrogens is 400 g/mol. The lowest BCUT2D eigenvalue weighted by atomic mass is 9.74. The molecule has 6 nitrogen and oxygen atoms in total. The van der Waals surface area contributed by atoms with Gasteiger partial charge in [-0.1, -0.05) is 44.2 Å². The number of sulfone groups is 1. The number of nitrogens with zero attached hydrogens (tertiary/aromatic N) is 1. The molecular formula is C23H30N2O4S. The number of benzene rings is 1. The van der Waals surface area contributed by atoms with Gasteiger partial charge in [-0.3, -0.25) is 9.69 Å². The van der Waals surface area contributed by atoms with Crippen molar-refractivity contribution < 1.29 is 17.6 Å². The van der Waals surface area contributed by atoms with Crippen molar-refractivity contribution >= 4 is 15.7 Å². The van der Waals surface area contributed by atoms with Crippen LogP contribution in [0.5, 0.6) is 0 Å².